The summed E-state index contributed by atoms with van der Waals surface area (Å²) in [6.45, 7) is 0. The number of carbonyl (C=O) groups is 1. The Morgan fingerprint density at radius 3 is 2.85 bits per heavy atom. The van der Waals surface area contributed by atoms with Gasteiger partial charge in [0.05, 0.1) is 10.3 Å². The molecule has 0 fully saturated rings. The molecule has 1 aliphatic rings. The van der Waals surface area contributed by atoms with Gasteiger partial charge in [-0.05, 0) is 18.2 Å². The second-order valence-corrected chi connectivity index (χ2v) is 2.87. The summed E-state index contributed by atoms with van der Waals surface area (Å²) in [6.07, 6.45) is 4.03. The molecule has 1 aliphatic heterocycles. The monoisotopic (exact) mass is 174 g/mol. The zero-order valence-electron chi connectivity index (χ0n) is 6.88. The zero-order chi connectivity index (χ0) is 9.26. The van der Waals surface area contributed by atoms with Crippen molar-refractivity contribution in [1.29, 1.82) is 0 Å². The molecule has 3 heteroatoms. The molecule has 0 aromatic heterocycles. The molecule has 0 aliphatic carbocycles. The Hall–Kier alpha value is -1.77. The highest BCUT2D eigenvalue weighted by Gasteiger charge is 2.29. The highest BCUT2D eigenvalue weighted by molar-refractivity contribution is 5.70. The first-order chi connectivity index (χ1) is 6.33. The molecule has 1 atom stereocenters. The Morgan fingerprint density at radius 2 is 2.08 bits per heavy atom. The van der Waals surface area contributed by atoms with Gasteiger partial charge in [0.1, 0.15) is 0 Å². The van der Waals surface area contributed by atoms with Crippen molar-refractivity contribution in [2.75, 3.05) is 0 Å². The van der Waals surface area contributed by atoms with Crippen LogP contribution in [-0.4, -0.2) is 17.1 Å². The number of para-hydroxylation sites is 1. The fourth-order valence-electron chi connectivity index (χ4n) is 1.37. The van der Waals surface area contributed by atoms with E-state index >= 15 is 0 Å². The van der Waals surface area contributed by atoms with Gasteiger partial charge in [0.25, 0.3) is 11.7 Å². The summed E-state index contributed by atoms with van der Waals surface area (Å²) in [6, 6.07) is 6.53. The van der Waals surface area contributed by atoms with E-state index < -0.39 is 6.04 Å². The minimum Gasteiger partial charge on any atom is -0.295 e. The highest BCUT2D eigenvalue weighted by atomic mass is 16.3. The van der Waals surface area contributed by atoms with Crippen LogP contribution in [0.25, 0.3) is 6.08 Å². The summed E-state index contributed by atoms with van der Waals surface area (Å²) >= 11 is 0. The lowest BCUT2D eigenvalue weighted by molar-refractivity contribution is -0.477. The van der Waals surface area contributed by atoms with Crippen molar-refractivity contribution >= 4 is 18.0 Å². The zero-order valence-corrected chi connectivity index (χ0v) is 6.88. The first kappa shape index (κ1) is 7.86. The Bertz CT molecular complexity index is 396. The third kappa shape index (κ3) is 1.18. The maximum Gasteiger partial charge on any atom is 0.281 e. The second-order valence-electron chi connectivity index (χ2n) is 2.87. The van der Waals surface area contributed by atoms with Gasteiger partial charge in [0.15, 0.2) is 6.29 Å². The molecule has 1 aromatic carbocycles. The average molecular weight is 174 g/mol. The molecule has 2 rings (SSSR count). The van der Waals surface area contributed by atoms with E-state index in [4.69, 9.17) is 0 Å². The van der Waals surface area contributed by atoms with Crippen molar-refractivity contribution in [2.45, 2.75) is 6.04 Å². The van der Waals surface area contributed by atoms with Gasteiger partial charge in [0, 0.05) is 11.0 Å². The maximum absolute atomic E-state index is 11.5. The number of nitroso groups, excluding NO2 is 1. The van der Waals surface area contributed by atoms with Crippen LogP contribution in [0.1, 0.15) is 5.56 Å². The topological polar surface area (TPSA) is 37.1 Å². The molecular formula is C10H8NO2+. The molecule has 0 saturated heterocycles. The van der Waals surface area contributed by atoms with E-state index in [1.807, 2.05) is 12.1 Å². The standard InChI is InChI=1S/C10H8NO2/c12-7-9-6-5-8-3-1-2-4-10(8)11(9)13/h1-7,9H/q+1. The van der Waals surface area contributed by atoms with Crippen LogP contribution in [0.2, 0.25) is 0 Å². The summed E-state index contributed by atoms with van der Waals surface area (Å²) in [7, 11) is 0. The van der Waals surface area contributed by atoms with Crippen LogP contribution < -0.4 is 0 Å². The van der Waals surface area contributed by atoms with E-state index in [0.717, 1.165) is 10.3 Å². The van der Waals surface area contributed by atoms with Gasteiger partial charge in [-0.15, -0.1) is 0 Å². The predicted molar refractivity (Wildman–Crippen MR) is 48.6 cm³/mol. The van der Waals surface area contributed by atoms with Gasteiger partial charge < -0.3 is 0 Å². The van der Waals surface area contributed by atoms with Crippen LogP contribution in [-0.2, 0) is 4.79 Å². The number of nitrogens with zero attached hydrogens (tertiary/aromatic N) is 1. The van der Waals surface area contributed by atoms with Crippen LogP contribution in [0.3, 0.4) is 0 Å². The van der Waals surface area contributed by atoms with Crippen molar-refractivity contribution in [3.63, 3.8) is 0 Å². The van der Waals surface area contributed by atoms with Gasteiger partial charge in [-0.25, -0.2) is 0 Å². The summed E-state index contributed by atoms with van der Waals surface area (Å²) in [4.78, 5) is 22.0. The van der Waals surface area contributed by atoms with Gasteiger partial charge in [0.2, 0.25) is 0 Å². The third-order valence-electron chi connectivity index (χ3n) is 2.06. The molecule has 0 spiro atoms. The average Bonchev–Trinajstić information content (AvgIpc) is 2.19. The van der Waals surface area contributed by atoms with Crippen LogP contribution in [0.15, 0.2) is 30.3 Å². The fraction of sp³-hybridized carbons (Fsp3) is 0.100. The van der Waals surface area contributed by atoms with E-state index in [1.165, 1.54) is 0 Å². The van der Waals surface area contributed by atoms with E-state index in [9.17, 15) is 9.70 Å². The summed E-state index contributed by atoms with van der Waals surface area (Å²) in [5.74, 6) is 0. The van der Waals surface area contributed by atoms with Gasteiger partial charge in [-0.1, -0.05) is 12.1 Å². The molecule has 0 radical (unpaired) electrons. The Balaban J connectivity index is 2.54. The van der Waals surface area contributed by atoms with Crippen molar-refractivity contribution in [2.24, 2.45) is 0 Å². The SMILES string of the molecule is O=CC1C=Cc2ccccc2[N+]1=O. The van der Waals surface area contributed by atoms with Crippen molar-refractivity contribution in [3.05, 3.63) is 40.8 Å². The lowest BCUT2D eigenvalue weighted by atomic mass is 10.1. The smallest absolute Gasteiger partial charge is 0.281 e. The van der Waals surface area contributed by atoms with E-state index in [2.05, 4.69) is 0 Å². The first-order valence-electron chi connectivity index (χ1n) is 4.02. The summed E-state index contributed by atoms with van der Waals surface area (Å²) < 4.78 is 0.725. The molecule has 0 bridgehead atoms. The molecule has 1 heterocycles. The van der Waals surface area contributed by atoms with Gasteiger partial charge in [-0.2, -0.15) is 0 Å². The first-order valence-corrected chi connectivity index (χ1v) is 4.02. The predicted octanol–water partition coefficient (Wildman–Crippen LogP) is 1.69. The molecule has 1 aromatic rings. The summed E-state index contributed by atoms with van der Waals surface area (Å²) in [5, 5.41) is 0. The summed E-state index contributed by atoms with van der Waals surface area (Å²) in [5.41, 5.74) is 1.41. The molecule has 0 amide bonds. The van der Waals surface area contributed by atoms with E-state index in [0.29, 0.717) is 12.0 Å². The van der Waals surface area contributed by atoms with Crippen LogP contribution in [0, 0.1) is 4.91 Å². The van der Waals surface area contributed by atoms with Crippen LogP contribution in [0.5, 0.6) is 0 Å². The molecule has 3 nitrogen and oxygen atoms in total. The third-order valence-corrected chi connectivity index (χ3v) is 2.06. The molecular weight excluding hydrogens is 166 g/mol. The minimum atomic E-state index is -0.671. The lowest BCUT2D eigenvalue weighted by Crippen LogP contribution is -2.22. The fourth-order valence-corrected chi connectivity index (χ4v) is 1.37. The number of hydrogen-bond donors (Lipinski definition) is 0. The van der Waals surface area contributed by atoms with Gasteiger partial charge in [-0.3, -0.25) is 4.79 Å². The molecule has 64 valence electrons. The number of hydrogen-bond acceptors (Lipinski definition) is 2. The van der Waals surface area contributed by atoms with E-state index in [1.54, 1.807) is 24.3 Å². The molecule has 1 unspecified atom stereocenters. The number of aldehydes is 1. The van der Waals surface area contributed by atoms with Crippen molar-refractivity contribution in [1.82, 2.24) is 0 Å². The van der Waals surface area contributed by atoms with E-state index in [-0.39, 0.29) is 0 Å². The quantitative estimate of drug-likeness (QED) is 0.480. The highest BCUT2D eigenvalue weighted by Crippen LogP contribution is 2.25. The Kier molecular flexibility index (Phi) is 1.77. The number of carbonyl (C=O) groups excluding carboxylic acids is 1. The number of rotatable bonds is 1. The van der Waals surface area contributed by atoms with Crippen molar-refractivity contribution < 1.29 is 9.55 Å². The Morgan fingerprint density at radius 1 is 1.31 bits per heavy atom. The maximum atomic E-state index is 11.5. The van der Waals surface area contributed by atoms with Crippen LogP contribution in [0.4, 0.5) is 5.69 Å². The molecule has 13 heavy (non-hydrogen) atoms. The lowest BCUT2D eigenvalue weighted by Gasteiger charge is -2.04. The van der Waals surface area contributed by atoms with Crippen LogP contribution >= 0.6 is 0 Å². The van der Waals surface area contributed by atoms with Crippen molar-refractivity contribution in [3.8, 4) is 0 Å². The Labute approximate surface area is 75.3 Å². The largest absolute Gasteiger partial charge is 0.295 e. The molecule has 0 N–H and O–H groups in total. The second kappa shape index (κ2) is 2.94. The minimum absolute atomic E-state index is 0.558. The van der Waals surface area contributed by atoms with Gasteiger partial charge >= 0.3 is 0 Å². The normalized spacial score (nSPS) is 19.7. The number of fused-ring (bicyclic) bond motifs is 1. The number of benzene rings is 1. The molecule has 0 saturated carbocycles.